The van der Waals surface area contributed by atoms with Crippen LogP contribution in [0.3, 0.4) is 0 Å². The van der Waals surface area contributed by atoms with Crippen molar-refractivity contribution in [3.63, 3.8) is 0 Å². The largest absolute Gasteiger partial charge is 0.107 e. The van der Waals surface area contributed by atoms with Crippen LogP contribution in [0.1, 0.15) is 20.3 Å². The first kappa shape index (κ1) is 14.8. The number of hydrogen-bond acceptors (Lipinski definition) is 2. The Morgan fingerprint density at radius 1 is 0.905 bits per heavy atom. The predicted octanol–water partition coefficient (Wildman–Crippen LogP) is 6.25. The van der Waals surface area contributed by atoms with Gasteiger partial charge in [-0.3, -0.25) is 0 Å². The van der Waals surface area contributed by atoms with E-state index in [4.69, 9.17) is 0 Å². The molecule has 0 bridgehead atoms. The number of thioether (sulfide) groups is 2. The van der Waals surface area contributed by atoms with Gasteiger partial charge in [0, 0.05) is 15.7 Å². The second-order valence-electron chi connectivity index (χ2n) is 5.70. The minimum absolute atomic E-state index is 0.264. The first-order valence-corrected chi connectivity index (χ1v) is 8.94. The zero-order chi connectivity index (χ0) is 14.7. The monoisotopic (exact) mass is 312 g/mol. The Morgan fingerprint density at radius 2 is 1.38 bits per heavy atom. The lowest BCUT2D eigenvalue weighted by atomic mass is 10.2. The van der Waals surface area contributed by atoms with Crippen LogP contribution in [0, 0.1) is 5.92 Å². The van der Waals surface area contributed by atoms with E-state index in [1.165, 1.54) is 21.8 Å². The van der Waals surface area contributed by atoms with E-state index in [2.05, 4.69) is 80.6 Å². The highest BCUT2D eigenvalue weighted by Gasteiger charge is 2.54. The smallest absolute Gasteiger partial charge is 0.0774 e. The van der Waals surface area contributed by atoms with E-state index >= 15 is 0 Å². The van der Waals surface area contributed by atoms with Gasteiger partial charge in [-0.1, -0.05) is 48.0 Å². The molecule has 1 aliphatic rings. The highest BCUT2D eigenvalue weighted by atomic mass is 32.2. The van der Waals surface area contributed by atoms with Crippen molar-refractivity contribution in [2.45, 2.75) is 34.1 Å². The molecule has 0 aromatic heterocycles. The molecule has 0 aliphatic heterocycles. The van der Waals surface area contributed by atoms with Crippen LogP contribution in [-0.4, -0.2) is 4.08 Å². The van der Waals surface area contributed by atoms with Crippen molar-refractivity contribution in [1.82, 2.24) is 0 Å². The van der Waals surface area contributed by atoms with Gasteiger partial charge < -0.3 is 0 Å². The Morgan fingerprint density at radius 3 is 1.81 bits per heavy atom. The SMILES string of the molecule is CC(C)=CC1CC1(Sc1ccccc1)Sc1ccccc1. The number of hydrogen-bond donors (Lipinski definition) is 0. The summed E-state index contributed by atoms with van der Waals surface area (Å²) in [5.74, 6) is 0.665. The third kappa shape index (κ3) is 3.75. The first-order chi connectivity index (χ1) is 10.2. The van der Waals surface area contributed by atoms with E-state index in [0.717, 1.165) is 0 Å². The Bertz CT molecular complexity index is 571. The van der Waals surface area contributed by atoms with Crippen LogP contribution in [0.2, 0.25) is 0 Å². The zero-order valence-corrected chi connectivity index (χ0v) is 14.1. The first-order valence-electron chi connectivity index (χ1n) is 7.31. The number of rotatable bonds is 5. The van der Waals surface area contributed by atoms with Crippen molar-refractivity contribution in [3.8, 4) is 0 Å². The number of allylic oxidation sites excluding steroid dienone is 2. The lowest BCUT2D eigenvalue weighted by molar-refractivity contribution is 1.07. The maximum atomic E-state index is 2.44. The molecule has 2 aromatic rings. The van der Waals surface area contributed by atoms with Crippen LogP contribution in [0.15, 0.2) is 82.1 Å². The summed E-state index contributed by atoms with van der Waals surface area (Å²) in [5, 5.41) is 0. The molecule has 1 atom stereocenters. The van der Waals surface area contributed by atoms with Gasteiger partial charge in [-0.15, -0.1) is 23.5 Å². The lowest BCUT2D eigenvalue weighted by Gasteiger charge is -2.16. The summed E-state index contributed by atoms with van der Waals surface area (Å²) in [6.45, 7) is 4.40. The fourth-order valence-electron chi connectivity index (χ4n) is 2.47. The summed E-state index contributed by atoms with van der Waals surface area (Å²) in [6, 6.07) is 21.5. The topological polar surface area (TPSA) is 0 Å². The second kappa shape index (κ2) is 6.33. The Kier molecular flexibility index (Phi) is 4.46. The third-order valence-corrected chi connectivity index (χ3v) is 6.66. The average molecular weight is 313 g/mol. The summed E-state index contributed by atoms with van der Waals surface area (Å²) in [4.78, 5) is 2.73. The van der Waals surface area contributed by atoms with Crippen LogP contribution in [0.4, 0.5) is 0 Å². The van der Waals surface area contributed by atoms with Gasteiger partial charge in [-0.2, -0.15) is 0 Å². The maximum absolute atomic E-state index is 2.44. The van der Waals surface area contributed by atoms with Crippen molar-refractivity contribution < 1.29 is 0 Å². The van der Waals surface area contributed by atoms with E-state index < -0.39 is 0 Å². The van der Waals surface area contributed by atoms with E-state index in [1.807, 2.05) is 23.5 Å². The summed E-state index contributed by atoms with van der Waals surface area (Å²) < 4.78 is 0.264. The van der Waals surface area contributed by atoms with Gasteiger partial charge >= 0.3 is 0 Å². The lowest BCUT2D eigenvalue weighted by Crippen LogP contribution is -2.00. The molecule has 0 radical (unpaired) electrons. The van der Waals surface area contributed by atoms with Gasteiger partial charge in [-0.25, -0.2) is 0 Å². The van der Waals surface area contributed by atoms with Crippen LogP contribution in [0.5, 0.6) is 0 Å². The van der Waals surface area contributed by atoms with Crippen molar-refractivity contribution in [2.75, 3.05) is 0 Å². The molecular formula is C19H20S2. The van der Waals surface area contributed by atoms with Crippen LogP contribution in [-0.2, 0) is 0 Å². The normalized spacial score (nSPS) is 19.0. The Hall–Kier alpha value is -1.12. The molecule has 1 fully saturated rings. The molecule has 1 unspecified atom stereocenters. The van der Waals surface area contributed by atoms with Crippen molar-refractivity contribution >= 4 is 23.5 Å². The van der Waals surface area contributed by atoms with Gasteiger partial charge in [0.1, 0.15) is 0 Å². The second-order valence-corrected chi connectivity index (χ2v) is 8.76. The predicted molar refractivity (Wildman–Crippen MR) is 94.9 cm³/mol. The molecule has 0 amide bonds. The minimum Gasteiger partial charge on any atom is -0.107 e. The van der Waals surface area contributed by atoms with Gasteiger partial charge in [-0.05, 0) is 44.5 Å². The van der Waals surface area contributed by atoms with Gasteiger partial charge in [0.2, 0.25) is 0 Å². The summed E-state index contributed by atoms with van der Waals surface area (Å²) in [7, 11) is 0. The van der Waals surface area contributed by atoms with E-state index in [0.29, 0.717) is 5.92 Å². The van der Waals surface area contributed by atoms with Crippen molar-refractivity contribution in [2.24, 2.45) is 5.92 Å². The quantitative estimate of drug-likeness (QED) is 0.472. The van der Waals surface area contributed by atoms with Gasteiger partial charge in [0.25, 0.3) is 0 Å². The van der Waals surface area contributed by atoms with E-state index in [9.17, 15) is 0 Å². The molecule has 2 aromatic carbocycles. The van der Waals surface area contributed by atoms with Crippen molar-refractivity contribution in [3.05, 3.63) is 72.3 Å². The molecule has 1 saturated carbocycles. The summed E-state index contributed by atoms with van der Waals surface area (Å²) in [5.41, 5.74) is 1.42. The highest BCUT2D eigenvalue weighted by Crippen LogP contribution is 2.66. The molecule has 1 aliphatic carbocycles. The molecule has 0 spiro atoms. The van der Waals surface area contributed by atoms with Crippen LogP contribution < -0.4 is 0 Å². The van der Waals surface area contributed by atoms with Gasteiger partial charge in [0.15, 0.2) is 0 Å². The molecule has 3 rings (SSSR count). The maximum Gasteiger partial charge on any atom is 0.0774 e. The zero-order valence-electron chi connectivity index (χ0n) is 12.5. The van der Waals surface area contributed by atoms with Crippen LogP contribution in [0.25, 0.3) is 0 Å². The highest BCUT2D eigenvalue weighted by molar-refractivity contribution is 8.18. The number of benzene rings is 2. The molecule has 0 N–H and O–H groups in total. The molecule has 0 saturated heterocycles. The average Bonchev–Trinajstić information content (AvgIpc) is 3.11. The fourth-order valence-corrected chi connectivity index (χ4v) is 5.56. The Labute approximate surface area is 136 Å². The molecule has 21 heavy (non-hydrogen) atoms. The third-order valence-electron chi connectivity index (χ3n) is 3.51. The van der Waals surface area contributed by atoms with Crippen molar-refractivity contribution in [1.29, 1.82) is 0 Å². The van der Waals surface area contributed by atoms with Gasteiger partial charge in [0.05, 0.1) is 4.08 Å². The molecule has 2 heteroatoms. The fraction of sp³-hybridized carbons (Fsp3) is 0.263. The standard InChI is InChI=1S/C19H20S2/c1-15(2)13-16-14-19(16,20-17-9-5-3-6-10-17)21-18-11-7-4-8-12-18/h3-13,16H,14H2,1-2H3. The van der Waals surface area contributed by atoms with E-state index in [-0.39, 0.29) is 4.08 Å². The Balaban J connectivity index is 1.82. The molecule has 0 nitrogen and oxygen atoms in total. The summed E-state index contributed by atoms with van der Waals surface area (Å²) >= 11 is 4.04. The molecule has 108 valence electrons. The molecular weight excluding hydrogens is 292 g/mol. The molecule has 0 heterocycles. The summed E-state index contributed by atoms with van der Waals surface area (Å²) in [6.07, 6.45) is 3.68. The van der Waals surface area contributed by atoms with Crippen LogP contribution >= 0.6 is 23.5 Å². The minimum atomic E-state index is 0.264. The van der Waals surface area contributed by atoms with E-state index in [1.54, 1.807) is 0 Å².